The molecule has 0 saturated carbocycles. The number of hydrogen-bond acceptors (Lipinski definition) is 5. The van der Waals surface area contributed by atoms with Gasteiger partial charge in [-0.15, -0.1) is 0 Å². The van der Waals surface area contributed by atoms with E-state index in [4.69, 9.17) is 0 Å². The lowest BCUT2D eigenvalue weighted by molar-refractivity contribution is -0.135. The van der Waals surface area contributed by atoms with Gasteiger partial charge in [0.15, 0.2) is 0 Å². The molecule has 7 nitrogen and oxygen atoms in total. The van der Waals surface area contributed by atoms with Gasteiger partial charge in [-0.3, -0.25) is 4.79 Å². The molecule has 2 aromatic carbocycles. The van der Waals surface area contributed by atoms with E-state index in [2.05, 4.69) is 4.74 Å². The molecule has 1 amide bonds. The fraction of sp³-hybridized carbons (Fsp3) is 0.318. The second-order valence-corrected chi connectivity index (χ2v) is 9.75. The highest BCUT2D eigenvalue weighted by Gasteiger charge is 2.39. The highest BCUT2D eigenvalue weighted by Crippen LogP contribution is 2.32. The predicted octanol–water partition coefficient (Wildman–Crippen LogP) is 2.35. The number of amides is 1. The van der Waals surface area contributed by atoms with Crippen LogP contribution in [0.15, 0.2) is 64.6 Å². The molecular weight excluding hydrogens is 461 g/mol. The molecule has 2 saturated heterocycles. The van der Waals surface area contributed by atoms with Gasteiger partial charge in [0, 0.05) is 26.2 Å². The number of sulfonamides is 1. The molecule has 4 rings (SSSR count). The number of rotatable bonds is 7. The van der Waals surface area contributed by atoms with Crippen molar-refractivity contribution < 1.29 is 36.2 Å². The van der Waals surface area contributed by atoms with Crippen LogP contribution in [-0.4, -0.2) is 68.0 Å². The normalized spacial score (nSPS) is 17.5. The van der Waals surface area contributed by atoms with Crippen LogP contribution in [0.25, 0.3) is 0 Å². The first-order valence-corrected chi connectivity index (χ1v) is 11.5. The second kappa shape index (κ2) is 9.16. The van der Waals surface area contributed by atoms with Gasteiger partial charge < -0.3 is 14.7 Å². The maximum atomic E-state index is 13.1. The van der Waals surface area contributed by atoms with E-state index in [0.29, 0.717) is 18.7 Å². The van der Waals surface area contributed by atoms with Gasteiger partial charge in [-0.05, 0) is 53.1 Å². The summed E-state index contributed by atoms with van der Waals surface area (Å²) in [7, 11) is -3.77. The van der Waals surface area contributed by atoms with Crippen molar-refractivity contribution in [2.24, 2.45) is 0 Å². The molecular formula is C22H21F3N2O5S. The summed E-state index contributed by atoms with van der Waals surface area (Å²) in [6.07, 6.45) is 0. The number of benzene rings is 2. The van der Waals surface area contributed by atoms with Crippen molar-refractivity contribution in [3.05, 3.63) is 71.1 Å². The van der Waals surface area contributed by atoms with Crippen molar-refractivity contribution >= 4 is 15.9 Å². The number of nitrogens with zero attached hydrogens (tertiary/aromatic N) is 2. The number of halogens is 3. The summed E-state index contributed by atoms with van der Waals surface area (Å²) < 4.78 is 68.5. The zero-order chi connectivity index (χ0) is 23.8. The highest BCUT2D eigenvalue weighted by atomic mass is 32.2. The summed E-state index contributed by atoms with van der Waals surface area (Å²) in [6.45, 7) is -2.32. The van der Waals surface area contributed by atoms with Crippen LogP contribution in [0.4, 0.5) is 13.2 Å². The Kier molecular flexibility index (Phi) is 6.46. The second-order valence-electron chi connectivity index (χ2n) is 7.81. The third-order valence-corrected chi connectivity index (χ3v) is 7.56. The maximum absolute atomic E-state index is 13.1. The quantitative estimate of drug-likeness (QED) is 0.613. The number of carbonyl (C=O) groups is 1. The van der Waals surface area contributed by atoms with Crippen LogP contribution in [0.1, 0.15) is 11.5 Å². The zero-order valence-corrected chi connectivity index (χ0v) is 18.1. The minimum absolute atomic E-state index is 0.0244. The number of carbonyl (C=O) groups excluding carboxylic acids is 1. The Labute approximate surface area is 188 Å². The van der Waals surface area contributed by atoms with Crippen LogP contribution in [0.3, 0.4) is 0 Å². The first-order valence-electron chi connectivity index (χ1n) is 10.1. The topological polar surface area (TPSA) is 87.2 Å². The first-order chi connectivity index (χ1) is 15.7. The molecule has 2 heterocycles. The Hall–Kier alpha value is -2.89. The van der Waals surface area contributed by atoms with Gasteiger partial charge in [-0.1, -0.05) is 12.1 Å². The van der Waals surface area contributed by atoms with Crippen LogP contribution in [0.2, 0.25) is 0 Å². The minimum atomic E-state index is -3.77. The fourth-order valence-corrected chi connectivity index (χ4v) is 5.18. The largest absolute Gasteiger partial charge is 0.435 e. The Bertz CT molecular complexity index is 1150. The SMILES string of the molecule is O=C([C@H](CO)c1ccc(F)cc1)N1CC(=C2CN(S(=O)(=O)c3ccc(OC(F)F)cc3)C2)C1. The lowest BCUT2D eigenvalue weighted by Gasteiger charge is -2.42. The van der Waals surface area contributed by atoms with Gasteiger partial charge in [0.2, 0.25) is 15.9 Å². The van der Waals surface area contributed by atoms with Crippen LogP contribution in [0, 0.1) is 5.82 Å². The summed E-state index contributed by atoms with van der Waals surface area (Å²) in [4.78, 5) is 14.2. The van der Waals surface area contributed by atoms with Crippen LogP contribution in [-0.2, 0) is 14.8 Å². The number of aliphatic hydroxyl groups is 1. The molecule has 0 spiro atoms. The monoisotopic (exact) mass is 482 g/mol. The van der Waals surface area contributed by atoms with E-state index in [0.717, 1.165) is 11.1 Å². The molecule has 0 aromatic heterocycles. The molecule has 1 N–H and O–H groups in total. The Morgan fingerprint density at radius 1 is 0.970 bits per heavy atom. The summed E-state index contributed by atoms with van der Waals surface area (Å²) in [5.74, 6) is -1.62. The summed E-state index contributed by atoms with van der Waals surface area (Å²) in [5, 5.41) is 9.64. The van der Waals surface area contributed by atoms with Gasteiger partial charge in [0.25, 0.3) is 0 Å². The molecule has 11 heteroatoms. The number of ether oxygens (including phenoxy) is 1. The average molecular weight is 482 g/mol. The van der Waals surface area contributed by atoms with Crippen molar-refractivity contribution in [3.8, 4) is 5.75 Å². The predicted molar refractivity (Wildman–Crippen MR) is 112 cm³/mol. The molecule has 2 fully saturated rings. The number of alkyl halides is 2. The molecule has 33 heavy (non-hydrogen) atoms. The highest BCUT2D eigenvalue weighted by molar-refractivity contribution is 7.89. The van der Waals surface area contributed by atoms with Crippen LogP contribution < -0.4 is 4.74 Å². The molecule has 2 aromatic rings. The fourth-order valence-electron chi connectivity index (χ4n) is 3.75. The third-order valence-electron chi connectivity index (χ3n) is 5.75. The summed E-state index contributed by atoms with van der Waals surface area (Å²) in [5.41, 5.74) is 2.41. The van der Waals surface area contributed by atoms with E-state index in [9.17, 15) is 31.5 Å². The molecule has 0 unspecified atom stereocenters. The van der Waals surface area contributed by atoms with Crippen LogP contribution in [0.5, 0.6) is 5.75 Å². The molecule has 2 aliphatic rings. The van der Waals surface area contributed by atoms with E-state index >= 15 is 0 Å². The van der Waals surface area contributed by atoms with Crippen molar-refractivity contribution in [3.63, 3.8) is 0 Å². The van der Waals surface area contributed by atoms with E-state index in [1.54, 1.807) is 4.90 Å². The first kappa shape index (κ1) is 23.3. The molecule has 2 aliphatic heterocycles. The molecule has 0 aliphatic carbocycles. The van der Waals surface area contributed by atoms with Crippen molar-refractivity contribution in [2.75, 3.05) is 32.8 Å². The van der Waals surface area contributed by atoms with Gasteiger partial charge in [0.05, 0.1) is 17.4 Å². The lowest BCUT2D eigenvalue weighted by atomic mass is 9.92. The van der Waals surface area contributed by atoms with Gasteiger partial charge >= 0.3 is 6.61 Å². The number of aliphatic hydroxyl groups excluding tert-OH is 1. The summed E-state index contributed by atoms with van der Waals surface area (Å²) >= 11 is 0. The zero-order valence-electron chi connectivity index (χ0n) is 17.3. The van der Waals surface area contributed by atoms with Gasteiger partial charge in [-0.25, -0.2) is 12.8 Å². The third kappa shape index (κ3) is 4.75. The number of hydrogen-bond donors (Lipinski definition) is 1. The standard InChI is InChI=1S/C22H21F3N2O5S/c23-17-3-1-14(2-4-17)20(13-28)21(29)26-9-15(10-26)16-11-27(12-16)33(30,31)19-7-5-18(6-8-19)32-22(24)25/h1-8,20,22,28H,9-13H2/t20-/m1/s1. The van der Waals surface area contributed by atoms with E-state index in [1.807, 2.05) is 0 Å². The maximum Gasteiger partial charge on any atom is 0.387 e. The van der Waals surface area contributed by atoms with Gasteiger partial charge in [0.1, 0.15) is 11.6 Å². The van der Waals surface area contributed by atoms with Gasteiger partial charge in [-0.2, -0.15) is 13.1 Å². The molecule has 176 valence electrons. The Morgan fingerprint density at radius 2 is 1.55 bits per heavy atom. The lowest BCUT2D eigenvalue weighted by Crippen LogP contribution is -2.52. The minimum Gasteiger partial charge on any atom is -0.435 e. The van der Waals surface area contributed by atoms with E-state index < -0.39 is 35.0 Å². The van der Waals surface area contributed by atoms with E-state index in [-0.39, 0.29) is 29.6 Å². The number of likely N-dealkylation sites (tertiary alicyclic amines) is 1. The average Bonchev–Trinajstić information content (AvgIpc) is 2.70. The molecule has 0 radical (unpaired) electrons. The Balaban J connectivity index is 1.34. The van der Waals surface area contributed by atoms with Crippen LogP contribution >= 0.6 is 0 Å². The molecule has 1 atom stereocenters. The Morgan fingerprint density at radius 3 is 2.09 bits per heavy atom. The summed E-state index contributed by atoms with van der Waals surface area (Å²) in [6, 6.07) is 10.2. The van der Waals surface area contributed by atoms with E-state index in [1.165, 1.54) is 52.8 Å². The smallest absolute Gasteiger partial charge is 0.387 e. The molecule has 0 bridgehead atoms. The van der Waals surface area contributed by atoms with Crippen molar-refractivity contribution in [1.29, 1.82) is 0 Å². The van der Waals surface area contributed by atoms with Crippen molar-refractivity contribution in [2.45, 2.75) is 17.4 Å². The van der Waals surface area contributed by atoms with Crippen molar-refractivity contribution in [1.82, 2.24) is 9.21 Å².